The molecule has 0 spiro atoms. The number of carbonyl (C=O) groups excluding carboxylic acids is 3. The third-order valence-corrected chi connectivity index (χ3v) is 3.48. The van der Waals surface area contributed by atoms with E-state index in [1.807, 2.05) is 0 Å². The highest BCUT2D eigenvalue weighted by Crippen LogP contribution is 2.34. The van der Waals surface area contributed by atoms with E-state index in [-0.39, 0.29) is 13.2 Å². The maximum atomic E-state index is 11.5. The number of esters is 3. The van der Waals surface area contributed by atoms with Crippen molar-refractivity contribution in [3.63, 3.8) is 0 Å². The molecule has 4 atom stereocenters. The van der Waals surface area contributed by atoms with E-state index in [1.165, 1.54) is 31.6 Å². The van der Waals surface area contributed by atoms with Crippen LogP contribution in [-0.4, -0.2) is 64.4 Å². The second-order valence-electron chi connectivity index (χ2n) is 5.66. The van der Waals surface area contributed by atoms with Gasteiger partial charge in [0.1, 0.15) is 12.7 Å². The Morgan fingerprint density at radius 3 is 2.48 bits per heavy atom. The molecule has 0 aromatic carbocycles. The summed E-state index contributed by atoms with van der Waals surface area (Å²) in [4.78, 5) is 34.2. The van der Waals surface area contributed by atoms with Crippen molar-refractivity contribution in [2.24, 2.45) is 0 Å². The van der Waals surface area contributed by atoms with Crippen LogP contribution in [0.2, 0.25) is 0 Å². The molecule has 1 unspecified atom stereocenters. The number of nitrogens with zero attached hydrogens (tertiary/aromatic N) is 3. The summed E-state index contributed by atoms with van der Waals surface area (Å²) in [5, 5.41) is 10.7. The molecule has 27 heavy (non-hydrogen) atoms. The number of hydrogen-bond acceptors (Lipinski definition) is 10. The number of terminal acetylenes is 1. The summed E-state index contributed by atoms with van der Waals surface area (Å²) < 4.78 is 22.6. The van der Waals surface area contributed by atoms with Gasteiger partial charge in [0.15, 0.2) is 24.3 Å². The first-order valence-corrected chi connectivity index (χ1v) is 8.04. The quantitative estimate of drug-likeness (QED) is 0.380. The molecule has 0 amide bonds. The van der Waals surface area contributed by atoms with Crippen molar-refractivity contribution in [3.8, 4) is 12.3 Å². The molecular formula is C16H20N4O7. The van der Waals surface area contributed by atoms with Crippen molar-refractivity contribution in [3.05, 3.63) is 6.20 Å². The zero-order valence-corrected chi connectivity index (χ0v) is 15.1. The molecule has 1 N–H and O–H groups in total. The first kappa shape index (κ1) is 20.2. The maximum absolute atomic E-state index is 11.5. The Balaban J connectivity index is 2.27. The molecule has 11 heteroatoms. The first-order valence-electron chi connectivity index (χ1n) is 8.04. The maximum Gasteiger partial charge on any atom is 0.303 e. The molecule has 1 aliphatic rings. The third-order valence-electron chi connectivity index (χ3n) is 3.48. The van der Waals surface area contributed by atoms with Crippen molar-refractivity contribution in [1.29, 1.82) is 0 Å². The first-order chi connectivity index (χ1) is 12.8. The molecule has 0 bridgehead atoms. The lowest BCUT2D eigenvalue weighted by Crippen LogP contribution is -2.40. The van der Waals surface area contributed by atoms with Crippen LogP contribution in [0.25, 0.3) is 0 Å². The average Bonchev–Trinajstić information content (AvgIpc) is 3.16. The Morgan fingerprint density at radius 2 is 1.89 bits per heavy atom. The topological polar surface area (TPSA) is 131 Å². The van der Waals surface area contributed by atoms with Gasteiger partial charge >= 0.3 is 17.9 Å². The van der Waals surface area contributed by atoms with E-state index in [9.17, 15) is 14.4 Å². The minimum atomic E-state index is -1.02. The molecular weight excluding hydrogens is 360 g/mol. The summed E-state index contributed by atoms with van der Waals surface area (Å²) in [5.74, 6) is 1.03. The Labute approximate surface area is 155 Å². The van der Waals surface area contributed by atoms with Crippen LogP contribution in [0.3, 0.4) is 0 Å². The molecule has 1 saturated heterocycles. The molecule has 146 valence electrons. The Kier molecular flexibility index (Phi) is 6.73. The molecule has 1 aliphatic heterocycles. The Morgan fingerprint density at radius 1 is 1.22 bits per heavy atom. The van der Waals surface area contributed by atoms with Gasteiger partial charge in [0.2, 0.25) is 0 Å². The summed E-state index contributed by atoms with van der Waals surface area (Å²) in [6.07, 6.45) is 2.85. The minimum absolute atomic E-state index is 0.196. The van der Waals surface area contributed by atoms with Crippen molar-refractivity contribution in [2.75, 3.05) is 18.5 Å². The van der Waals surface area contributed by atoms with E-state index < -0.39 is 42.4 Å². The molecule has 11 nitrogen and oxygen atoms in total. The van der Waals surface area contributed by atoms with E-state index in [2.05, 4.69) is 21.5 Å². The lowest BCUT2D eigenvalue weighted by Gasteiger charge is -2.23. The Bertz CT molecular complexity index is 741. The van der Waals surface area contributed by atoms with E-state index in [0.717, 1.165) is 0 Å². The highest BCUT2D eigenvalue weighted by atomic mass is 16.7. The van der Waals surface area contributed by atoms with Gasteiger partial charge in [0.25, 0.3) is 0 Å². The van der Waals surface area contributed by atoms with Crippen LogP contribution in [0.1, 0.15) is 27.0 Å². The summed E-state index contributed by atoms with van der Waals surface area (Å²) in [6, 6.07) is 0. The van der Waals surface area contributed by atoms with E-state index in [0.29, 0.717) is 5.82 Å². The predicted octanol–water partition coefficient (Wildman–Crippen LogP) is -0.353. The molecule has 0 saturated carbocycles. The summed E-state index contributed by atoms with van der Waals surface area (Å²) in [5.41, 5.74) is 0. The number of hydrogen-bond donors (Lipinski definition) is 1. The molecule has 1 aromatic heterocycles. The highest BCUT2D eigenvalue weighted by molar-refractivity contribution is 5.68. The van der Waals surface area contributed by atoms with Crippen LogP contribution in [-0.2, 0) is 33.3 Å². The van der Waals surface area contributed by atoms with Gasteiger partial charge in [-0.15, -0.1) is 11.5 Å². The van der Waals surface area contributed by atoms with E-state index in [4.69, 9.17) is 25.4 Å². The zero-order chi connectivity index (χ0) is 20.0. The molecule has 0 radical (unpaired) electrons. The fourth-order valence-corrected chi connectivity index (χ4v) is 2.53. The predicted molar refractivity (Wildman–Crippen MR) is 89.0 cm³/mol. The average molecular weight is 380 g/mol. The van der Waals surface area contributed by atoms with E-state index >= 15 is 0 Å². The van der Waals surface area contributed by atoms with Crippen LogP contribution in [0.5, 0.6) is 0 Å². The number of anilines is 1. The van der Waals surface area contributed by atoms with Gasteiger partial charge in [-0.2, -0.15) is 0 Å². The van der Waals surface area contributed by atoms with Gasteiger partial charge in [0, 0.05) is 20.8 Å². The number of rotatable bonds is 7. The molecule has 1 fully saturated rings. The van der Waals surface area contributed by atoms with Gasteiger partial charge < -0.3 is 24.3 Å². The van der Waals surface area contributed by atoms with Crippen molar-refractivity contribution in [1.82, 2.24) is 15.0 Å². The third kappa shape index (κ3) is 5.42. The number of aromatic nitrogens is 3. The SMILES string of the molecule is C#CCNc1cn([C@@H]2O[C@H](COC(C)=O)C(OC(C)=O)[C@@H]2OC(C)=O)nn1. The second kappa shape index (κ2) is 9.00. The van der Waals surface area contributed by atoms with Crippen LogP contribution in [0.4, 0.5) is 5.82 Å². The van der Waals surface area contributed by atoms with Gasteiger partial charge in [0.05, 0.1) is 12.7 Å². The highest BCUT2D eigenvalue weighted by Gasteiger charge is 2.51. The zero-order valence-electron chi connectivity index (χ0n) is 15.1. The van der Waals surface area contributed by atoms with Gasteiger partial charge in [-0.05, 0) is 0 Å². The number of carbonyl (C=O) groups is 3. The van der Waals surface area contributed by atoms with Gasteiger partial charge in [-0.3, -0.25) is 14.4 Å². The number of nitrogens with one attached hydrogen (secondary N) is 1. The van der Waals surface area contributed by atoms with Crippen LogP contribution >= 0.6 is 0 Å². The van der Waals surface area contributed by atoms with Crippen LogP contribution in [0.15, 0.2) is 6.20 Å². The van der Waals surface area contributed by atoms with Crippen LogP contribution < -0.4 is 5.32 Å². The summed E-state index contributed by atoms with van der Waals surface area (Å²) in [6.45, 7) is 3.69. The van der Waals surface area contributed by atoms with E-state index in [1.54, 1.807) is 0 Å². The second-order valence-corrected chi connectivity index (χ2v) is 5.66. The fourth-order valence-electron chi connectivity index (χ4n) is 2.53. The lowest BCUT2D eigenvalue weighted by atomic mass is 10.1. The fraction of sp³-hybridized carbons (Fsp3) is 0.562. The Hall–Kier alpha value is -3.13. The van der Waals surface area contributed by atoms with Gasteiger partial charge in [-0.25, -0.2) is 4.68 Å². The molecule has 2 heterocycles. The van der Waals surface area contributed by atoms with Gasteiger partial charge in [-0.1, -0.05) is 11.1 Å². The van der Waals surface area contributed by atoms with Crippen molar-refractivity contribution >= 4 is 23.7 Å². The lowest BCUT2D eigenvalue weighted by molar-refractivity contribution is -0.166. The molecule has 0 aliphatic carbocycles. The monoisotopic (exact) mass is 380 g/mol. The normalized spacial score (nSPS) is 23.9. The minimum Gasteiger partial charge on any atom is -0.463 e. The number of ether oxygens (including phenoxy) is 4. The molecule has 2 rings (SSSR count). The largest absolute Gasteiger partial charge is 0.463 e. The standard InChI is InChI=1S/C16H20N4O7/c1-5-6-17-13-7-20(19-18-13)16-15(26-11(4)23)14(25-10(3)22)12(27-16)8-24-9(2)21/h1,7,12,14-17H,6,8H2,2-4H3/t12-,14?,15+,16-/m1/s1. The smallest absolute Gasteiger partial charge is 0.303 e. The molecule has 1 aromatic rings. The van der Waals surface area contributed by atoms with Crippen LogP contribution in [0, 0.1) is 12.3 Å². The van der Waals surface area contributed by atoms with Crippen molar-refractivity contribution in [2.45, 2.75) is 45.3 Å². The van der Waals surface area contributed by atoms with Crippen molar-refractivity contribution < 1.29 is 33.3 Å². The summed E-state index contributed by atoms with van der Waals surface area (Å²) in [7, 11) is 0. The summed E-state index contributed by atoms with van der Waals surface area (Å²) >= 11 is 0.